The Balaban J connectivity index is 1.61. The second-order valence-electron chi connectivity index (χ2n) is 7.36. The largest absolute Gasteiger partial charge is 0.461 e. The Hall–Kier alpha value is -2.24. The Bertz CT molecular complexity index is 698. The van der Waals surface area contributed by atoms with Crippen molar-refractivity contribution in [2.45, 2.75) is 52.7 Å². The highest BCUT2D eigenvalue weighted by Crippen LogP contribution is 2.35. The molecular formula is C19H26N4O2. The van der Waals surface area contributed by atoms with Gasteiger partial charge < -0.3 is 4.74 Å². The maximum Gasteiger partial charge on any atom is 0.330 e. The molecule has 0 N–H and O–H groups in total. The van der Waals surface area contributed by atoms with Gasteiger partial charge in [-0.3, -0.25) is 0 Å². The standard InChI is InChI=1S/C19H26N4O2/c1-13(2)16-10-9-14(3)11-17(16)25-18(24)12-23-21-19(20-22-23)15-7-5-4-6-8-15/h4-8,13-14,16-17H,9-12H2,1-3H3/t14-,16-,17-/m1/s1. The van der Waals surface area contributed by atoms with E-state index in [9.17, 15) is 4.79 Å². The Kier molecular flexibility index (Phi) is 5.46. The zero-order valence-electron chi connectivity index (χ0n) is 15.1. The fraction of sp³-hybridized carbons (Fsp3) is 0.579. The van der Waals surface area contributed by atoms with Gasteiger partial charge in [-0.25, -0.2) is 4.79 Å². The average Bonchev–Trinajstić information content (AvgIpc) is 3.03. The maximum atomic E-state index is 12.4. The Morgan fingerprint density at radius 2 is 2.04 bits per heavy atom. The van der Waals surface area contributed by atoms with Crippen LogP contribution in [-0.4, -0.2) is 32.3 Å². The van der Waals surface area contributed by atoms with Gasteiger partial charge in [0.05, 0.1) is 0 Å². The molecule has 25 heavy (non-hydrogen) atoms. The van der Waals surface area contributed by atoms with E-state index in [2.05, 4.69) is 36.2 Å². The monoisotopic (exact) mass is 342 g/mol. The molecule has 1 aliphatic carbocycles. The van der Waals surface area contributed by atoms with Crippen LogP contribution in [0.2, 0.25) is 0 Å². The number of ether oxygens (including phenoxy) is 1. The third-order valence-electron chi connectivity index (χ3n) is 5.00. The molecule has 1 aromatic heterocycles. The van der Waals surface area contributed by atoms with E-state index in [4.69, 9.17) is 4.74 Å². The van der Waals surface area contributed by atoms with Crippen LogP contribution in [0.15, 0.2) is 30.3 Å². The number of rotatable bonds is 5. The number of tetrazole rings is 1. The first-order chi connectivity index (χ1) is 12.0. The molecule has 0 saturated heterocycles. The summed E-state index contributed by atoms with van der Waals surface area (Å²) in [5.74, 6) is 1.77. The molecule has 3 atom stereocenters. The summed E-state index contributed by atoms with van der Waals surface area (Å²) >= 11 is 0. The molecule has 1 saturated carbocycles. The van der Waals surface area contributed by atoms with Crippen molar-refractivity contribution >= 4 is 5.97 Å². The molecular weight excluding hydrogens is 316 g/mol. The van der Waals surface area contributed by atoms with Gasteiger partial charge in [0.2, 0.25) is 5.82 Å². The van der Waals surface area contributed by atoms with Gasteiger partial charge in [-0.2, -0.15) is 4.80 Å². The summed E-state index contributed by atoms with van der Waals surface area (Å²) in [4.78, 5) is 13.7. The zero-order valence-corrected chi connectivity index (χ0v) is 15.1. The van der Waals surface area contributed by atoms with Crippen molar-refractivity contribution in [3.05, 3.63) is 30.3 Å². The number of esters is 1. The van der Waals surface area contributed by atoms with Crippen molar-refractivity contribution in [1.82, 2.24) is 20.2 Å². The fourth-order valence-electron chi connectivity index (χ4n) is 3.58. The number of carbonyl (C=O) groups excluding carboxylic acids is 1. The first-order valence-corrected chi connectivity index (χ1v) is 9.05. The van der Waals surface area contributed by atoms with E-state index in [0.29, 0.717) is 23.6 Å². The lowest BCUT2D eigenvalue weighted by atomic mass is 9.75. The zero-order chi connectivity index (χ0) is 17.8. The van der Waals surface area contributed by atoms with Gasteiger partial charge in [-0.05, 0) is 35.8 Å². The van der Waals surface area contributed by atoms with Crippen LogP contribution in [0.1, 0.15) is 40.0 Å². The highest BCUT2D eigenvalue weighted by atomic mass is 16.5. The van der Waals surface area contributed by atoms with Gasteiger partial charge in [0.1, 0.15) is 6.10 Å². The van der Waals surface area contributed by atoms with Crippen molar-refractivity contribution in [1.29, 1.82) is 0 Å². The van der Waals surface area contributed by atoms with Crippen molar-refractivity contribution in [3.63, 3.8) is 0 Å². The van der Waals surface area contributed by atoms with E-state index < -0.39 is 0 Å². The predicted octanol–water partition coefficient (Wildman–Crippen LogP) is 3.34. The molecule has 0 unspecified atom stereocenters. The summed E-state index contributed by atoms with van der Waals surface area (Å²) in [5, 5.41) is 12.3. The summed E-state index contributed by atoms with van der Waals surface area (Å²) in [6.07, 6.45) is 3.26. The molecule has 0 radical (unpaired) electrons. The van der Waals surface area contributed by atoms with Gasteiger partial charge in [-0.15, -0.1) is 10.2 Å². The molecule has 0 spiro atoms. The Labute approximate surface area is 148 Å². The summed E-state index contributed by atoms with van der Waals surface area (Å²) in [6, 6.07) is 9.59. The van der Waals surface area contributed by atoms with Crippen molar-refractivity contribution in [2.75, 3.05) is 0 Å². The third kappa shape index (κ3) is 4.44. The van der Waals surface area contributed by atoms with Crippen LogP contribution < -0.4 is 0 Å². The van der Waals surface area contributed by atoms with Crippen LogP contribution in [0.4, 0.5) is 0 Å². The second-order valence-corrected chi connectivity index (χ2v) is 7.36. The summed E-state index contributed by atoms with van der Waals surface area (Å²) in [5.41, 5.74) is 0.878. The molecule has 0 aliphatic heterocycles. The van der Waals surface area contributed by atoms with E-state index in [1.807, 2.05) is 30.3 Å². The molecule has 6 nitrogen and oxygen atoms in total. The number of carbonyl (C=O) groups is 1. The van der Waals surface area contributed by atoms with Crippen LogP contribution >= 0.6 is 0 Å². The minimum atomic E-state index is -0.290. The molecule has 2 aromatic rings. The number of hydrogen-bond acceptors (Lipinski definition) is 5. The van der Waals surface area contributed by atoms with Gasteiger partial charge in [0, 0.05) is 5.56 Å². The minimum Gasteiger partial charge on any atom is -0.461 e. The van der Waals surface area contributed by atoms with Gasteiger partial charge in [0.15, 0.2) is 6.54 Å². The lowest BCUT2D eigenvalue weighted by molar-refractivity contribution is -0.157. The highest BCUT2D eigenvalue weighted by Gasteiger charge is 2.33. The van der Waals surface area contributed by atoms with Crippen LogP contribution in [0, 0.1) is 17.8 Å². The number of aromatic nitrogens is 4. The van der Waals surface area contributed by atoms with Crippen LogP contribution in [0.25, 0.3) is 11.4 Å². The number of benzene rings is 1. The molecule has 0 bridgehead atoms. The molecule has 6 heteroatoms. The van der Waals surface area contributed by atoms with Gasteiger partial charge in [0.25, 0.3) is 0 Å². The number of nitrogens with zero attached hydrogens (tertiary/aromatic N) is 4. The third-order valence-corrected chi connectivity index (χ3v) is 5.00. The van der Waals surface area contributed by atoms with Crippen LogP contribution in [0.3, 0.4) is 0 Å². The molecule has 1 heterocycles. The normalized spacial score (nSPS) is 23.6. The maximum absolute atomic E-state index is 12.4. The van der Waals surface area contributed by atoms with E-state index in [0.717, 1.165) is 18.4 Å². The lowest BCUT2D eigenvalue weighted by Crippen LogP contribution is -2.36. The Morgan fingerprint density at radius 3 is 2.76 bits per heavy atom. The lowest BCUT2D eigenvalue weighted by Gasteiger charge is -2.36. The van der Waals surface area contributed by atoms with Crippen molar-refractivity contribution in [3.8, 4) is 11.4 Å². The van der Waals surface area contributed by atoms with Gasteiger partial charge >= 0.3 is 5.97 Å². The number of hydrogen-bond donors (Lipinski definition) is 0. The quantitative estimate of drug-likeness (QED) is 0.779. The molecule has 3 rings (SSSR count). The van der Waals surface area contributed by atoms with E-state index in [1.165, 1.54) is 11.2 Å². The first-order valence-electron chi connectivity index (χ1n) is 9.05. The van der Waals surface area contributed by atoms with Crippen LogP contribution in [-0.2, 0) is 16.1 Å². The first kappa shape index (κ1) is 17.6. The van der Waals surface area contributed by atoms with E-state index in [-0.39, 0.29) is 18.6 Å². The fourth-order valence-corrected chi connectivity index (χ4v) is 3.58. The highest BCUT2D eigenvalue weighted by molar-refractivity contribution is 5.69. The molecule has 0 amide bonds. The van der Waals surface area contributed by atoms with E-state index in [1.54, 1.807) is 0 Å². The van der Waals surface area contributed by atoms with Crippen molar-refractivity contribution < 1.29 is 9.53 Å². The van der Waals surface area contributed by atoms with Gasteiger partial charge in [-0.1, -0.05) is 57.5 Å². The smallest absolute Gasteiger partial charge is 0.330 e. The average molecular weight is 342 g/mol. The molecule has 1 fully saturated rings. The summed E-state index contributed by atoms with van der Waals surface area (Å²) < 4.78 is 5.79. The molecule has 134 valence electrons. The van der Waals surface area contributed by atoms with Crippen molar-refractivity contribution in [2.24, 2.45) is 17.8 Å². The van der Waals surface area contributed by atoms with Crippen LogP contribution in [0.5, 0.6) is 0 Å². The molecule has 1 aromatic carbocycles. The second kappa shape index (κ2) is 7.76. The SMILES string of the molecule is CC(C)[C@H]1CC[C@@H](C)C[C@H]1OC(=O)Cn1nnc(-c2ccccc2)n1. The predicted molar refractivity (Wildman–Crippen MR) is 94.5 cm³/mol. The van der Waals surface area contributed by atoms with E-state index >= 15 is 0 Å². The Morgan fingerprint density at radius 1 is 1.28 bits per heavy atom. The summed E-state index contributed by atoms with van der Waals surface area (Å²) in [7, 11) is 0. The summed E-state index contributed by atoms with van der Waals surface area (Å²) in [6.45, 7) is 6.62. The topological polar surface area (TPSA) is 69.9 Å². The molecule has 1 aliphatic rings. The minimum absolute atomic E-state index is 0.00443.